The summed E-state index contributed by atoms with van der Waals surface area (Å²) in [5, 5.41) is 9.28. The number of hydrogen-bond donors (Lipinski definition) is 1. The van der Waals surface area contributed by atoms with Crippen LogP contribution in [0.25, 0.3) is 0 Å². The minimum absolute atomic E-state index is 0.140. The van der Waals surface area contributed by atoms with Gasteiger partial charge in [-0.05, 0) is 27.7 Å². The molecule has 5 nitrogen and oxygen atoms in total. The van der Waals surface area contributed by atoms with Gasteiger partial charge in [0, 0.05) is 6.42 Å². The van der Waals surface area contributed by atoms with Crippen molar-refractivity contribution in [2.24, 2.45) is 0 Å². The number of carboxylic acid groups (broad SMARTS) is 1. The average Bonchev–Trinajstić information content (AvgIpc) is 2.00. The molecule has 2 unspecified atom stereocenters. The van der Waals surface area contributed by atoms with Gasteiger partial charge in [-0.1, -0.05) is 0 Å². The van der Waals surface area contributed by atoms with Gasteiger partial charge in [0.1, 0.15) is 12.1 Å². The van der Waals surface area contributed by atoms with Crippen molar-refractivity contribution in [1.82, 2.24) is 0 Å². The molecule has 0 radical (unpaired) electrons. The Hall–Kier alpha value is -0.460. The number of rotatable bonds is 0. The monoisotopic (exact) mass is 236 g/mol. The van der Waals surface area contributed by atoms with Crippen LogP contribution in [-0.4, -0.2) is 37.5 Å². The fourth-order valence-electron chi connectivity index (χ4n) is 1.71. The Kier molecular flexibility index (Phi) is 3.23. The van der Waals surface area contributed by atoms with E-state index in [0.29, 0.717) is 13.0 Å². The molecule has 88 valence electrons. The van der Waals surface area contributed by atoms with Gasteiger partial charge in [0.25, 0.3) is 0 Å². The highest BCUT2D eigenvalue weighted by Gasteiger charge is 2.57. The molecular weight excluding hydrogens is 218 g/mol. The highest BCUT2D eigenvalue weighted by Crippen LogP contribution is 2.33. The molecule has 3 atom stereocenters. The van der Waals surface area contributed by atoms with Crippen LogP contribution in [0.3, 0.4) is 0 Å². The van der Waals surface area contributed by atoms with Crippen LogP contribution in [0.2, 0.25) is 0 Å². The number of amides is 1. The first-order valence-corrected chi connectivity index (χ1v) is 5.96. The summed E-state index contributed by atoms with van der Waals surface area (Å²) in [5.41, 5.74) is -0.642. The van der Waals surface area contributed by atoms with Crippen LogP contribution in [-0.2, 0) is 15.4 Å². The Balaban J connectivity index is 3.13. The lowest BCUT2D eigenvalue weighted by atomic mass is 10.1. The predicted octanol–water partition coefficient (Wildman–Crippen LogP) is 1.67. The minimum atomic E-state index is -1.83. The molecule has 0 saturated carbocycles. The summed E-state index contributed by atoms with van der Waals surface area (Å²) in [6.07, 6.45) is -0.624. The fourth-order valence-corrected chi connectivity index (χ4v) is 3.06. The molecule has 0 bridgehead atoms. The smallest absolute Gasteiger partial charge is 0.435 e. The van der Waals surface area contributed by atoms with Gasteiger partial charge in [0.05, 0.1) is 6.10 Å². The number of nitrogens with zero attached hydrogens (tertiary/aromatic N) is 1. The molecule has 1 heterocycles. The van der Waals surface area contributed by atoms with E-state index >= 15 is 0 Å². The van der Waals surface area contributed by atoms with E-state index in [9.17, 15) is 14.1 Å². The normalized spacial score (nSPS) is 37.6. The van der Waals surface area contributed by atoms with Gasteiger partial charge < -0.3 is 5.11 Å². The van der Waals surface area contributed by atoms with E-state index in [0.717, 1.165) is 0 Å². The Morgan fingerprint density at radius 2 is 2.07 bits per heavy atom. The van der Waals surface area contributed by atoms with Gasteiger partial charge in [0.15, 0.2) is 0 Å². The van der Waals surface area contributed by atoms with Gasteiger partial charge in [0.2, 0.25) is 0 Å². The number of hydrogen-bond acceptors (Lipinski definition) is 3. The molecule has 6 heteroatoms. The zero-order valence-corrected chi connectivity index (χ0v) is 10.3. The summed E-state index contributed by atoms with van der Waals surface area (Å²) in [6, 6.07) is 0. The van der Waals surface area contributed by atoms with Crippen LogP contribution >= 0.6 is 0 Å². The first kappa shape index (κ1) is 12.6. The number of carbonyl (C=O) groups is 1. The molecule has 0 aromatic carbocycles. The maximum Gasteiger partial charge on any atom is 0.529 e. The Morgan fingerprint density at radius 1 is 1.53 bits per heavy atom. The van der Waals surface area contributed by atoms with Gasteiger partial charge >= 0.3 is 17.4 Å². The molecular formula is C9H18NO4S+. The summed E-state index contributed by atoms with van der Waals surface area (Å²) in [6.45, 7) is 7.43. The zero-order valence-electron chi connectivity index (χ0n) is 9.52. The van der Waals surface area contributed by atoms with Gasteiger partial charge in [-0.15, -0.1) is 3.89 Å². The molecule has 0 aromatic rings. The van der Waals surface area contributed by atoms with E-state index in [4.69, 9.17) is 4.18 Å². The zero-order chi connectivity index (χ0) is 11.9. The summed E-state index contributed by atoms with van der Waals surface area (Å²) in [5.74, 6) is 0. The van der Waals surface area contributed by atoms with Crippen LogP contribution in [0, 0.1) is 0 Å². The van der Waals surface area contributed by atoms with Crippen LogP contribution in [0.15, 0.2) is 0 Å². The fraction of sp³-hybridized carbons (Fsp3) is 0.889. The van der Waals surface area contributed by atoms with Gasteiger partial charge in [-0.3, -0.25) is 0 Å². The van der Waals surface area contributed by atoms with E-state index in [1.807, 2.05) is 0 Å². The van der Waals surface area contributed by atoms with Crippen molar-refractivity contribution < 1.29 is 22.2 Å². The quantitative estimate of drug-likeness (QED) is 0.650. The molecule has 1 fully saturated rings. The van der Waals surface area contributed by atoms with Gasteiger partial charge in [-0.25, -0.2) is 4.18 Å². The van der Waals surface area contributed by atoms with Crippen molar-refractivity contribution in [3.05, 3.63) is 0 Å². The second-order valence-corrected chi connectivity index (χ2v) is 6.08. The van der Waals surface area contributed by atoms with Crippen LogP contribution in [0.5, 0.6) is 0 Å². The standard InChI is InChI=1S/C9H17NO4S/c1-7-5-6-10(8(11)12,9(2,3)4)15(13)14-7/h7H,5-6H2,1-4H3/p+1/t7-,10?,15?/m1/s1. The highest BCUT2D eigenvalue weighted by atomic mass is 32.2. The van der Waals surface area contributed by atoms with Crippen LogP contribution in [0.1, 0.15) is 34.1 Å². The van der Waals surface area contributed by atoms with Crippen molar-refractivity contribution in [3.8, 4) is 0 Å². The first-order valence-electron chi connectivity index (χ1n) is 4.93. The van der Waals surface area contributed by atoms with Crippen molar-refractivity contribution in [2.75, 3.05) is 6.54 Å². The maximum absolute atomic E-state index is 11.9. The SMILES string of the molecule is C[C@@H]1CC[N+](C(=O)O)(C(C)(C)C)S(=O)O1. The lowest BCUT2D eigenvalue weighted by Crippen LogP contribution is -2.67. The summed E-state index contributed by atoms with van der Waals surface area (Å²) in [7, 11) is 0. The second kappa shape index (κ2) is 3.84. The van der Waals surface area contributed by atoms with E-state index in [1.54, 1.807) is 27.7 Å². The summed E-state index contributed by atoms with van der Waals surface area (Å²) in [4.78, 5) is 11.3. The summed E-state index contributed by atoms with van der Waals surface area (Å²) >= 11 is -1.83. The largest absolute Gasteiger partial charge is 0.529 e. The van der Waals surface area contributed by atoms with E-state index in [1.165, 1.54) is 0 Å². The van der Waals surface area contributed by atoms with E-state index in [2.05, 4.69) is 0 Å². The molecule has 1 rings (SSSR count). The molecule has 0 aliphatic carbocycles. The van der Waals surface area contributed by atoms with E-state index < -0.39 is 26.8 Å². The molecule has 1 saturated heterocycles. The third-order valence-corrected chi connectivity index (χ3v) is 4.63. The predicted molar refractivity (Wildman–Crippen MR) is 56.2 cm³/mol. The molecule has 0 aromatic heterocycles. The second-order valence-electron chi connectivity index (χ2n) is 4.83. The molecule has 1 amide bonds. The number of quaternary nitrogens is 1. The van der Waals surface area contributed by atoms with Crippen molar-refractivity contribution in [2.45, 2.75) is 45.8 Å². The Labute approximate surface area is 92.4 Å². The third-order valence-electron chi connectivity index (χ3n) is 2.74. The van der Waals surface area contributed by atoms with E-state index in [-0.39, 0.29) is 6.10 Å². The lowest BCUT2D eigenvalue weighted by molar-refractivity contribution is -0.789. The Bertz CT molecular complexity index is 299. The Morgan fingerprint density at radius 3 is 2.40 bits per heavy atom. The minimum Gasteiger partial charge on any atom is -0.435 e. The highest BCUT2D eigenvalue weighted by molar-refractivity contribution is 7.74. The van der Waals surface area contributed by atoms with Gasteiger partial charge in [-0.2, -0.15) is 9.00 Å². The third kappa shape index (κ3) is 1.93. The van der Waals surface area contributed by atoms with Crippen LogP contribution < -0.4 is 0 Å². The molecule has 1 N–H and O–H groups in total. The van der Waals surface area contributed by atoms with Crippen LogP contribution in [0.4, 0.5) is 4.79 Å². The summed E-state index contributed by atoms with van der Waals surface area (Å²) < 4.78 is 16.5. The molecule has 0 spiro atoms. The average molecular weight is 236 g/mol. The van der Waals surface area contributed by atoms with Crippen molar-refractivity contribution in [1.29, 1.82) is 0 Å². The topological polar surface area (TPSA) is 63.6 Å². The van der Waals surface area contributed by atoms with Crippen molar-refractivity contribution in [3.63, 3.8) is 0 Å². The lowest BCUT2D eigenvalue weighted by Gasteiger charge is -2.43. The van der Waals surface area contributed by atoms with Crippen molar-refractivity contribution >= 4 is 17.4 Å². The molecule has 15 heavy (non-hydrogen) atoms. The molecule has 1 aliphatic heterocycles. The maximum atomic E-state index is 11.9. The first-order chi connectivity index (χ1) is 6.72. The molecule has 1 aliphatic rings.